The fraction of sp³-hybridized carbons (Fsp3) is 0.500. The Morgan fingerprint density at radius 3 is 2.26 bits per heavy atom. The van der Waals surface area contributed by atoms with E-state index in [4.69, 9.17) is 4.74 Å². The van der Waals surface area contributed by atoms with Gasteiger partial charge in [-0.1, -0.05) is 57.4 Å². The van der Waals surface area contributed by atoms with Crippen molar-refractivity contribution in [2.24, 2.45) is 0 Å². The molecule has 0 saturated carbocycles. The Morgan fingerprint density at radius 2 is 1.70 bits per heavy atom. The first-order valence-corrected chi connectivity index (χ1v) is 9.68. The number of ether oxygens (including phenoxy) is 1. The number of carbonyl (C=O) groups is 2. The number of likely N-dealkylation sites (tertiary alicyclic amines) is 1. The third-order valence-electron chi connectivity index (χ3n) is 4.79. The van der Waals surface area contributed by atoms with Crippen molar-refractivity contribution in [1.29, 1.82) is 5.26 Å². The Bertz CT molecular complexity index is 706. The van der Waals surface area contributed by atoms with E-state index in [1.54, 1.807) is 4.90 Å². The lowest BCUT2D eigenvalue weighted by Crippen LogP contribution is -2.37. The molecule has 0 atom stereocenters. The van der Waals surface area contributed by atoms with Crippen LogP contribution >= 0.6 is 0 Å². The van der Waals surface area contributed by atoms with Crippen LogP contribution in [0.5, 0.6) is 0 Å². The maximum Gasteiger partial charge on any atom is 0.349 e. The first-order valence-electron chi connectivity index (χ1n) is 9.68. The van der Waals surface area contributed by atoms with Gasteiger partial charge in [0.05, 0.1) is 0 Å². The van der Waals surface area contributed by atoms with E-state index in [2.05, 4.69) is 13.8 Å². The summed E-state index contributed by atoms with van der Waals surface area (Å²) >= 11 is 0. The number of nitriles is 1. The number of nitrogens with zero attached hydrogens (tertiary/aromatic N) is 2. The molecule has 1 aliphatic heterocycles. The molecule has 1 heterocycles. The van der Waals surface area contributed by atoms with Gasteiger partial charge in [-0.2, -0.15) is 5.26 Å². The number of carbonyl (C=O) groups excluding carboxylic acids is 2. The second-order valence-electron chi connectivity index (χ2n) is 7.22. The van der Waals surface area contributed by atoms with Gasteiger partial charge >= 0.3 is 5.97 Å². The van der Waals surface area contributed by atoms with E-state index in [-0.39, 0.29) is 18.1 Å². The van der Waals surface area contributed by atoms with Crippen molar-refractivity contribution in [2.75, 3.05) is 19.7 Å². The minimum atomic E-state index is -0.758. The molecule has 5 heteroatoms. The van der Waals surface area contributed by atoms with Gasteiger partial charge in [0.1, 0.15) is 11.6 Å². The van der Waals surface area contributed by atoms with E-state index in [1.807, 2.05) is 30.3 Å². The van der Waals surface area contributed by atoms with Crippen LogP contribution in [0.25, 0.3) is 6.08 Å². The first-order chi connectivity index (χ1) is 13.0. The van der Waals surface area contributed by atoms with Gasteiger partial charge in [0, 0.05) is 13.1 Å². The predicted molar refractivity (Wildman–Crippen MR) is 105 cm³/mol. The highest BCUT2D eigenvalue weighted by Gasteiger charge is 2.18. The summed E-state index contributed by atoms with van der Waals surface area (Å²) in [5.74, 6) is -0.535. The van der Waals surface area contributed by atoms with Gasteiger partial charge in [-0.05, 0) is 36.0 Å². The van der Waals surface area contributed by atoms with Crippen LogP contribution in [0.3, 0.4) is 0 Å². The van der Waals surface area contributed by atoms with Crippen molar-refractivity contribution in [3.63, 3.8) is 0 Å². The summed E-state index contributed by atoms with van der Waals surface area (Å²) in [7, 11) is 0. The van der Waals surface area contributed by atoms with Crippen LogP contribution in [-0.2, 0) is 14.3 Å². The number of rotatable bonds is 5. The van der Waals surface area contributed by atoms with Crippen molar-refractivity contribution < 1.29 is 14.3 Å². The largest absolute Gasteiger partial charge is 0.451 e. The van der Waals surface area contributed by atoms with Crippen molar-refractivity contribution in [1.82, 2.24) is 4.90 Å². The maximum absolute atomic E-state index is 12.3. The molecular weight excluding hydrogens is 340 g/mol. The van der Waals surface area contributed by atoms with Gasteiger partial charge in [0.15, 0.2) is 6.61 Å². The van der Waals surface area contributed by atoms with Crippen molar-refractivity contribution in [3.05, 3.63) is 41.0 Å². The second-order valence-corrected chi connectivity index (χ2v) is 7.22. The molecule has 5 nitrogen and oxygen atoms in total. The summed E-state index contributed by atoms with van der Waals surface area (Å²) in [6.45, 7) is 5.31. The number of esters is 1. The maximum atomic E-state index is 12.3. The monoisotopic (exact) mass is 368 g/mol. The molecule has 1 amide bonds. The molecular formula is C22H28N2O3. The second kappa shape index (κ2) is 10.5. The van der Waals surface area contributed by atoms with Crippen LogP contribution in [0, 0.1) is 11.3 Å². The van der Waals surface area contributed by atoms with E-state index in [0.717, 1.165) is 31.2 Å². The van der Waals surface area contributed by atoms with Gasteiger partial charge in [0.25, 0.3) is 5.91 Å². The Morgan fingerprint density at radius 1 is 1.11 bits per heavy atom. The zero-order chi connectivity index (χ0) is 19.6. The van der Waals surface area contributed by atoms with E-state index in [0.29, 0.717) is 19.0 Å². The lowest BCUT2D eigenvalue weighted by molar-refractivity contribution is -0.148. The molecule has 0 bridgehead atoms. The van der Waals surface area contributed by atoms with E-state index in [1.165, 1.54) is 18.1 Å². The summed E-state index contributed by atoms with van der Waals surface area (Å²) in [6.07, 6.45) is 6.92. The zero-order valence-electron chi connectivity index (χ0n) is 16.2. The lowest BCUT2D eigenvalue weighted by atomic mass is 10.0. The minimum Gasteiger partial charge on any atom is -0.451 e. The summed E-state index contributed by atoms with van der Waals surface area (Å²) in [6, 6.07) is 9.55. The Balaban J connectivity index is 1.93. The van der Waals surface area contributed by atoms with E-state index < -0.39 is 5.97 Å². The summed E-state index contributed by atoms with van der Waals surface area (Å²) in [4.78, 5) is 26.2. The molecule has 0 radical (unpaired) electrons. The first kappa shape index (κ1) is 20.7. The third-order valence-corrected chi connectivity index (χ3v) is 4.79. The molecule has 1 aromatic rings. The number of benzene rings is 1. The topological polar surface area (TPSA) is 70.4 Å². The van der Waals surface area contributed by atoms with Crippen molar-refractivity contribution in [3.8, 4) is 6.07 Å². The summed E-state index contributed by atoms with van der Waals surface area (Å²) in [5, 5.41) is 9.27. The van der Waals surface area contributed by atoms with Gasteiger partial charge in [-0.3, -0.25) is 4.79 Å². The zero-order valence-corrected chi connectivity index (χ0v) is 16.2. The van der Waals surface area contributed by atoms with Gasteiger partial charge in [-0.25, -0.2) is 4.79 Å². The highest BCUT2D eigenvalue weighted by Crippen LogP contribution is 2.16. The molecule has 144 valence electrons. The Kier molecular flexibility index (Phi) is 8.06. The quantitative estimate of drug-likeness (QED) is 0.446. The number of hydrogen-bond donors (Lipinski definition) is 0. The molecule has 1 aromatic carbocycles. The molecule has 1 aliphatic rings. The Labute approximate surface area is 161 Å². The standard InChI is InChI=1S/C22H28N2O3/c1-17(2)19-10-8-18(9-11-19)14-20(15-23)22(26)27-16-21(25)24-12-6-4-3-5-7-13-24/h8-11,14,17H,3-7,12-13,16H2,1-2H3/b20-14+. The molecule has 0 N–H and O–H groups in total. The minimum absolute atomic E-state index is 0.104. The van der Waals surface area contributed by atoms with Crippen molar-refractivity contribution in [2.45, 2.75) is 51.9 Å². The van der Waals surface area contributed by atoms with E-state index in [9.17, 15) is 14.9 Å². The summed E-state index contributed by atoms with van der Waals surface area (Å²) in [5.41, 5.74) is 1.84. The number of amides is 1. The number of hydrogen-bond acceptors (Lipinski definition) is 4. The normalized spacial score (nSPS) is 15.6. The molecule has 1 saturated heterocycles. The fourth-order valence-corrected chi connectivity index (χ4v) is 3.07. The van der Waals surface area contributed by atoms with Crippen LogP contribution in [0.4, 0.5) is 0 Å². The highest BCUT2D eigenvalue weighted by molar-refractivity contribution is 5.98. The van der Waals surface area contributed by atoms with Crippen LogP contribution in [-0.4, -0.2) is 36.5 Å². The average Bonchev–Trinajstić information content (AvgIpc) is 2.64. The summed E-state index contributed by atoms with van der Waals surface area (Å²) < 4.78 is 5.10. The highest BCUT2D eigenvalue weighted by atomic mass is 16.5. The smallest absolute Gasteiger partial charge is 0.349 e. The SMILES string of the molecule is CC(C)c1ccc(/C=C(\C#N)C(=O)OCC(=O)N2CCCCCCC2)cc1. The van der Waals surface area contributed by atoms with Gasteiger partial charge < -0.3 is 9.64 Å². The Hall–Kier alpha value is -2.61. The third kappa shape index (κ3) is 6.56. The molecule has 2 rings (SSSR count). The van der Waals surface area contributed by atoms with E-state index >= 15 is 0 Å². The van der Waals surface area contributed by atoms with Crippen LogP contribution in [0.15, 0.2) is 29.8 Å². The van der Waals surface area contributed by atoms with Crippen LogP contribution in [0.1, 0.15) is 63.0 Å². The van der Waals surface area contributed by atoms with Crippen LogP contribution < -0.4 is 0 Å². The van der Waals surface area contributed by atoms with Gasteiger partial charge in [-0.15, -0.1) is 0 Å². The molecule has 1 fully saturated rings. The lowest BCUT2D eigenvalue weighted by Gasteiger charge is -2.24. The fourth-order valence-electron chi connectivity index (χ4n) is 3.07. The van der Waals surface area contributed by atoms with Crippen LogP contribution in [0.2, 0.25) is 0 Å². The molecule has 0 aromatic heterocycles. The molecule has 0 unspecified atom stereocenters. The van der Waals surface area contributed by atoms with Gasteiger partial charge in [0.2, 0.25) is 0 Å². The molecule has 27 heavy (non-hydrogen) atoms. The molecule has 0 spiro atoms. The predicted octanol–water partition coefficient (Wildman–Crippen LogP) is 4.05. The molecule has 0 aliphatic carbocycles. The van der Waals surface area contributed by atoms with Crippen molar-refractivity contribution >= 4 is 18.0 Å². The average molecular weight is 368 g/mol.